The van der Waals surface area contributed by atoms with E-state index in [9.17, 15) is 0 Å². The van der Waals surface area contributed by atoms with Crippen LogP contribution in [-0.4, -0.2) is 37.0 Å². The van der Waals surface area contributed by atoms with Gasteiger partial charge in [0.05, 0.1) is 0 Å². The summed E-state index contributed by atoms with van der Waals surface area (Å²) in [4.78, 5) is 6.72. The van der Waals surface area contributed by atoms with Crippen LogP contribution >= 0.6 is 0 Å². The normalized spacial score (nSPS) is 11.5. The third-order valence-electron chi connectivity index (χ3n) is 1.82. The van der Waals surface area contributed by atoms with Crippen LogP contribution in [0.5, 0.6) is 0 Å². The van der Waals surface area contributed by atoms with Crippen molar-refractivity contribution in [2.75, 3.05) is 26.2 Å². The smallest absolute Gasteiger partial charge is 0.193 e. The fourth-order valence-electron chi connectivity index (χ4n) is 1.26. The maximum absolute atomic E-state index is 4.44. The van der Waals surface area contributed by atoms with Crippen LogP contribution in [-0.2, 0) is 0 Å². The lowest BCUT2D eigenvalue weighted by atomic mass is 10.4. The predicted molar refractivity (Wildman–Crippen MR) is 59.2 cm³/mol. The number of nitrogens with zero attached hydrogens (tertiary/aromatic N) is 2. The summed E-state index contributed by atoms with van der Waals surface area (Å²) in [6, 6.07) is 0. The molecule has 0 saturated heterocycles. The van der Waals surface area contributed by atoms with Gasteiger partial charge in [-0.1, -0.05) is 6.92 Å². The molecule has 0 aromatic carbocycles. The van der Waals surface area contributed by atoms with E-state index in [1.807, 2.05) is 0 Å². The molecule has 0 heterocycles. The van der Waals surface area contributed by atoms with Gasteiger partial charge >= 0.3 is 0 Å². The zero-order valence-electron chi connectivity index (χ0n) is 9.43. The number of guanidine groups is 1. The minimum atomic E-state index is 0.850. The second kappa shape index (κ2) is 7.90. The third kappa shape index (κ3) is 4.76. The Morgan fingerprint density at radius 2 is 1.92 bits per heavy atom. The second-order valence-corrected chi connectivity index (χ2v) is 2.91. The van der Waals surface area contributed by atoms with Crippen molar-refractivity contribution in [2.45, 2.75) is 34.1 Å². The van der Waals surface area contributed by atoms with Crippen LogP contribution in [0, 0.1) is 0 Å². The Bertz CT molecular complexity index is 143. The number of nitrogens with one attached hydrogen (secondary N) is 1. The van der Waals surface area contributed by atoms with Gasteiger partial charge in [-0.05, 0) is 27.2 Å². The van der Waals surface area contributed by atoms with E-state index < -0.39 is 0 Å². The van der Waals surface area contributed by atoms with Gasteiger partial charge in [-0.3, -0.25) is 4.99 Å². The van der Waals surface area contributed by atoms with Crippen LogP contribution in [0.3, 0.4) is 0 Å². The van der Waals surface area contributed by atoms with Gasteiger partial charge < -0.3 is 10.2 Å². The summed E-state index contributed by atoms with van der Waals surface area (Å²) >= 11 is 0. The third-order valence-corrected chi connectivity index (χ3v) is 1.82. The van der Waals surface area contributed by atoms with E-state index in [1.165, 1.54) is 6.42 Å². The molecule has 0 bridgehead atoms. The molecular weight excluding hydrogens is 162 g/mol. The van der Waals surface area contributed by atoms with Crippen molar-refractivity contribution in [1.82, 2.24) is 10.2 Å². The summed E-state index contributed by atoms with van der Waals surface area (Å²) in [5.74, 6) is 1.05. The lowest BCUT2D eigenvalue weighted by Crippen LogP contribution is -2.41. The SMILES string of the molecule is CCCN(CC)C(=NCC)NCC. The average molecular weight is 185 g/mol. The predicted octanol–water partition coefficient (Wildman–Crippen LogP) is 1.70. The molecule has 0 saturated carbocycles. The monoisotopic (exact) mass is 185 g/mol. The molecule has 0 spiro atoms. The molecule has 3 heteroatoms. The Morgan fingerprint density at radius 3 is 2.31 bits per heavy atom. The van der Waals surface area contributed by atoms with Crippen molar-refractivity contribution in [2.24, 2.45) is 4.99 Å². The molecule has 13 heavy (non-hydrogen) atoms. The second-order valence-electron chi connectivity index (χ2n) is 2.91. The maximum Gasteiger partial charge on any atom is 0.193 e. The molecule has 0 aliphatic carbocycles. The van der Waals surface area contributed by atoms with Gasteiger partial charge in [0.15, 0.2) is 5.96 Å². The highest BCUT2D eigenvalue weighted by molar-refractivity contribution is 5.79. The van der Waals surface area contributed by atoms with E-state index in [-0.39, 0.29) is 0 Å². The van der Waals surface area contributed by atoms with Crippen LogP contribution in [0.25, 0.3) is 0 Å². The highest BCUT2D eigenvalue weighted by atomic mass is 15.3. The number of aliphatic imine (C=N–C) groups is 1. The van der Waals surface area contributed by atoms with Gasteiger partial charge in [0.1, 0.15) is 0 Å². The standard InChI is InChI=1S/C10H23N3/c1-5-9-13(8-4)10(11-6-2)12-7-3/h5-9H2,1-4H3,(H,11,12). The largest absolute Gasteiger partial charge is 0.357 e. The van der Waals surface area contributed by atoms with Crippen LogP contribution in [0.1, 0.15) is 34.1 Å². The van der Waals surface area contributed by atoms with Gasteiger partial charge in [-0.25, -0.2) is 0 Å². The first kappa shape index (κ1) is 12.3. The fourth-order valence-corrected chi connectivity index (χ4v) is 1.26. The topological polar surface area (TPSA) is 27.6 Å². The highest BCUT2D eigenvalue weighted by Gasteiger charge is 2.05. The fraction of sp³-hybridized carbons (Fsp3) is 0.900. The average Bonchev–Trinajstić information content (AvgIpc) is 2.14. The molecule has 0 unspecified atom stereocenters. The Kier molecular flexibility index (Phi) is 7.45. The Labute approximate surface area is 82.2 Å². The molecule has 0 aromatic rings. The highest BCUT2D eigenvalue weighted by Crippen LogP contribution is 1.92. The van der Waals surface area contributed by atoms with Gasteiger partial charge in [0.2, 0.25) is 0 Å². The van der Waals surface area contributed by atoms with E-state index in [0.717, 1.165) is 32.1 Å². The quantitative estimate of drug-likeness (QED) is 0.521. The first-order valence-corrected chi connectivity index (χ1v) is 5.33. The Morgan fingerprint density at radius 1 is 1.23 bits per heavy atom. The maximum atomic E-state index is 4.44. The summed E-state index contributed by atoms with van der Waals surface area (Å²) in [6.45, 7) is 12.4. The minimum absolute atomic E-state index is 0.850. The van der Waals surface area contributed by atoms with Crippen molar-refractivity contribution in [1.29, 1.82) is 0 Å². The molecule has 3 nitrogen and oxygen atoms in total. The molecule has 0 amide bonds. The molecule has 0 rings (SSSR count). The van der Waals surface area contributed by atoms with Crippen molar-refractivity contribution < 1.29 is 0 Å². The number of rotatable bonds is 5. The first-order valence-electron chi connectivity index (χ1n) is 5.33. The van der Waals surface area contributed by atoms with Crippen LogP contribution in [0.15, 0.2) is 4.99 Å². The Balaban J connectivity index is 4.20. The lowest BCUT2D eigenvalue weighted by molar-refractivity contribution is 0.422. The summed E-state index contributed by atoms with van der Waals surface area (Å²) < 4.78 is 0. The summed E-state index contributed by atoms with van der Waals surface area (Å²) in [5.41, 5.74) is 0. The van der Waals surface area contributed by atoms with Crippen molar-refractivity contribution >= 4 is 5.96 Å². The Hall–Kier alpha value is -0.730. The molecule has 0 radical (unpaired) electrons. The summed E-state index contributed by atoms with van der Waals surface area (Å²) in [5, 5.41) is 3.30. The van der Waals surface area contributed by atoms with E-state index in [1.54, 1.807) is 0 Å². The molecule has 0 aliphatic rings. The minimum Gasteiger partial charge on any atom is -0.357 e. The molecular formula is C10H23N3. The van der Waals surface area contributed by atoms with E-state index >= 15 is 0 Å². The summed E-state index contributed by atoms with van der Waals surface area (Å²) in [7, 11) is 0. The molecule has 0 atom stereocenters. The van der Waals surface area contributed by atoms with Crippen molar-refractivity contribution in [3.8, 4) is 0 Å². The molecule has 0 aromatic heterocycles. The first-order chi connectivity index (χ1) is 6.29. The lowest BCUT2D eigenvalue weighted by Gasteiger charge is -2.24. The van der Waals surface area contributed by atoms with Crippen LogP contribution in [0.4, 0.5) is 0 Å². The van der Waals surface area contributed by atoms with E-state index in [0.29, 0.717) is 0 Å². The zero-order valence-corrected chi connectivity index (χ0v) is 9.43. The molecule has 0 aliphatic heterocycles. The van der Waals surface area contributed by atoms with E-state index in [2.05, 4.69) is 42.9 Å². The van der Waals surface area contributed by atoms with Gasteiger partial charge in [-0.15, -0.1) is 0 Å². The van der Waals surface area contributed by atoms with Gasteiger partial charge in [0, 0.05) is 26.2 Å². The van der Waals surface area contributed by atoms with Crippen molar-refractivity contribution in [3.05, 3.63) is 0 Å². The van der Waals surface area contributed by atoms with E-state index in [4.69, 9.17) is 0 Å². The van der Waals surface area contributed by atoms with Crippen LogP contribution < -0.4 is 5.32 Å². The van der Waals surface area contributed by atoms with Crippen molar-refractivity contribution in [3.63, 3.8) is 0 Å². The molecule has 1 N–H and O–H groups in total. The number of hydrogen-bond acceptors (Lipinski definition) is 1. The molecule has 0 fully saturated rings. The molecule has 78 valence electrons. The van der Waals surface area contributed by atoms with Gasteiger partial charge in [-0.2, -0.15) is 0 Å². The zero-order chi connectivity index (χ0) is 10.1. The van der Waals surface area contributed by atoms with Gasteiger partial charge in [0.25, 0.3) is 0 Å². The number of hydrogen-bond donors (Lipinski definition) is 1. The summed E-state index contributed by atoms with van der Waals surface area (Å²) in [6.07, 6.45) is 1.17. The van der Waals surface area contributed by atoms with Crippen LogP contribution in [0.2, 0.25) is 0 Å².